The molecule has 0 unspecified atom stereocenters. The van der Waals surface area contributed by atoms with Gasteiger partial charge in [-0.2, -0.15) is 0 Å². The predicted octanol–water partition coefficient (Wildman–Crippen LogP) is -3.91. The number of carboxylic acid groups (broad SMARTS) is 1. The van der Waals surface area contributed by atoms with Gasteiger partial charge in [0.15, 0.2) is 0 Å². The summed E-state index contributed by atoms with van der Waals surface area (Å²) < 4.78 is 0. The fraction of sp³-hybridized carbons (Fsp3) is 0.465. The molecule has 0 aromatic heterocycles. The van der Waals surface area contributed by atoms with Crippen molar-refractivity contribution in [1.82, 2.24) is 37.2 Å². The Kier molecular flexibility index (Phi) is 22.9. The van der Waals surface area contributed by atoms with Gasteiger partial charge in [0.05, 0.1) is 19.0 Å². The second-order valence-corrected chi connectivity index (χ2v) is 16.1. The van der Waals surface area contributed by atoms with Crippen LogP contribution in [0, 0.1) is 5.92 Å². The second kappa shape index (κ2) is 27.6. The molecule has 0 bridgehead atoms. The van der Waals surface area contributed by atoms with Gasteiger partial charge in [-0.1, -0.05) is 56.3 Å². The summed E-state index contributed by atoms with van der Waals surface area (Å²) in [5.41, 5.74) is 22.6. The molecule has 2 aromatic carbocycles. The normalized spacial score (nSPS) is 14.0. The van der Waals surface area contributed by atoms with Crippen LogP contribution in [-0.4, -0.2) is 124 Å². The van der Waals surface area contributed by atoms with Crippen molar-refractivity contribution < 1.29 is 63.0 Å². The molecule has 10 amide bonds. The summed E-state index contributed by atoms with van der Waals surface area (Å²) in [6, 6.07) is 4.01. The van der Waals surface area contributed by atoms with E-state index in [0.717, 1.165) is 0 Å². The van der Waals surface area contributed by atoms with Gasteiger partial charge in [0.2, 0.25) is 59.1 Å². The van der Waals surface area contributed by atoms with E-state index < -0.39 is 127 Å². The van der Waals surface area contributed by atoms with Crippen molar-refractivity contribution in [3.8, 4) is 5.75 Å². The first-order valence-electron chi connectivity index (χ1n) is 21.2. The fourth-order valence-corrected chi connectivity index (χ4v) is 6.24. The minimum atomic E-state index is -1.65. The molecule has 0 aliphatic rings. The maximum Gasteiger partial charge on any atom is 0.303 e. The number of benzene rings is 2. The number of aliphatic carboxylic acids is 1. The molecule has 7 atom stereocenters. The second-order valence-electron chi connectivity index (χ2n) is 16.1. The maximum atomic E-state index is 14.4. The van der Waals surface area contributed by atoms with E-state index in [0.29, 0.717) is 11.1 Å². The number of carboxylic acids is 1. The Bertz CT molecular complexity index is 2090. The Balaban J connectivity index is 2.49. The first-order valence-corrected chi connectivity index (χ1v) is 21.2. The maximum absolute atomic E-state index is 14.4. The molecule has 366 valence electrons. The van der Waals surface area contributed by atoms with E-state index in [-0.39, 0.29) is 50.2 Å². The molecule has 0 saturated carbocycles. The SMILES string of the molecule is CC(C)C[C@H](NC(=O)[C@H](CC(N)=O)NC(=O)[C@@H](N)CCC(=O)O)C(=O)N[C@@H](Cc1ccc(O)cc1)C(=O)N[C@@H](Cc1ccccc1)C(=O)N[C@@H](CCC(N)=O)C(=O)NCC(=O)N[C@@H](C)C(N)=O. The lowest BCUT2D eigenvalue weighted by atomic mass is 9.99. The number of primary amides is 3. The number of phenolic OH excluding ortho intramolecular Hbond substituents is 1. The molecule has 0 fully saturated rings. The van der Waals surface area contributed by atoms with E-state index in [1.807, 2.05) is 0 Å². The smallest absolute Gasteiger partial charge is 0.303 e. The number of nitrogens with two attached hydrogens (primary N) is 4. The van der Waals surface area contributed by atoms with E-state index >= 15 is 0 Å². The van der Waals surface area contributed by atoms with Gasteiger partial charge in [0.1, 0.15) is 42.0 Å². The Labute approximate surface area is 385 Å². The van der Waals surface area contributed by atoms with Gasteiger partial charge < -0.3 is 70.4 Å². The molecule has 0 saturated heterocycles. The molecule has 67 heavy (non-hydrogen) atoms. The number of phenols is 1. The van der Waals surface area contributed by atoms with Crippen LogP contribution >= 0.6 is 0 Å². The molecular formula is C43H61N11O13. The summed E-state index contributed by atoms with van der Waals surface area (Å²) in [5, 5.41) is 36.0. The molecule has 0 heterocycles. The van der Waals surface area contributed by atoms with Gasteiger partial charge in [0.25, 0.3) is 0 Å². The first kappa shape index (κ1) is 55.5. The van der Waals surface area contributed by atoms with Crippen molar-refractivity contribution >= 4 is 65.0 Å². The fourth-order valence-electron chi connectivity index (χ4n) is 6.24. The molecule has 24 nitrogen and oxygen atoms in total. The standard InChI is InChI=1S/C43H61N11O13/c1-22(2)17-29(52-43(67)32(20-34(46)57)51-38(62)27(44)13-16-36(59)60)40(64)53-31(19-25-9-11-26(55)12-10-25)42(66)54-30(18-24-7-5-4-6-8-24)41(65)50-28(14-15-33(45)56)39(63)48-21-35(58)49-23(3)37(47)61/h4-12,22-23,27-32,55H,13-21,44H2,1-3H3,(H2,45,56)(H2,46,57)(H2,47,61)(H,48,63)(H,49,58)(H,50,65)(H,51,62)(H,52,67)(H,53,64)(H,54,66)(H,59,60)/t23-,27-,28-,29-,30-,31-,32-/m0/s1. The van der Waals surface area contributed by atoms with Crippen molar-refractivity contribution in [2.45, 2.75) is 114 Å². The lowest BCUT2D eigenvalue weighted by Gasteiger charge is -2.28. The number of aromatic hydroxyl groups is 1. The summed E-state index contributed by atoms with van der Waals surface area (Å²) in [6.45, 7) is 4.12. The molecule has 0 aliphatic carbocycles. The number of hydrogen-bond donors (Lipinski definition) is 13. The van der Waals surface area contributed by atoms with Crippen LogP contribution in [0.4, 0.5) is 0 Å². The molecule has 24 heteroatoms. The number of carbonyl (C=O) groups is 11. The van der Waals surface area contributed by atoms with Crippen molar-refractivity contribution in [1.29, 1.82) is 0 Å². The molecule has 2 rings (SSSR count). The third kappa shape index (κ3) is 21.3. The number of carbonyl (C=O) groups excluding carboxylic acids is 10. The van der Waals surface area contributed by atoms with Gasteiger partial charge in [-0.3, -0.25) is 52.7 Å². The Morgan fingerprint density at radius 1 is 0.552 bits per heavy atom. The van der Waals surface area contributed by atoms with Crippen molar-refractivity contribution in [3.63, 3.8) is 0 Å². The molecular weight excluding hydrogens is 879 g/mol. The van der Waals surface area contributed by atoms with Crippen LogP contribution in [0.5, 0.6) is 5.75 Å². The van der Waals surface area contributed by atoms with Crippen LogP contribution < -0.4 is 60.2 Å². The van der Waals surface area contributed by atoms with Gasteiger partial charge in [-0.05, 0) is 55.4 Å². The highest BCUT2D eigenvalue weighted by atomic mass is 16.4. The molecule has 0 aliphatic heterocycles. The first-order chi connectivity index (χ1) is 31.4. The van der Waals surface area contributed by atoms with E-state index in [1.165, 1.54) is 31.2 Å². The van der Waals surface area contributed by atoms with E-state index in [9.17, 15) is 57.8 Å². The zero-order valence-electron chi connectivity index (χ0n) is 37.4. The van der Waals surface area contributed by atoms with Gasteiger partial charge >= 0.3 is 5.97 Å². The summed E-state index contributed by atoms with van der Waals surface area (Å²) in [7, 11) is 0. The number of hydrogen-bond acceptors (Lipinski definition) is 13. The monoisotopic (exact) mass is 939 g/mol. The van der Waals surface area contributed by atoms with E-state index in [2.05, 4.69) is 37.2 Å². The van der Waals surface area contributed by atoms with E-state index in [4.69, 9.17) is 28.0 Å². The summed E-state index contributed by atoms with van der Waals surface area (Å²) >= 11 is 0. The largest absolute Gasteiger partial charge is 0.508 e. The zero-order chi connectivity index (χ0) is 50.4. The predicted molar refractivity (Wildman–Crippen MR) is 238 cm³/mol. The van der Waals surface area contributed by atoms with Crippen LogP contribution in [0.1, 0.15) is 70.4 Å². The summed E-state index contributed by atoms with van der Waals surface area (Å²) in [6.07, 6.45) is -2.66. The summed E-state index contributed by atoms with van der Waals surface area (Å²) in [4.78, 5) is 141. The highest BCUT2D eigenvalue weighted by Crippen LogP contribution is 2.14. The zero-order valence-corrected chi connectivity index (χ0v) is 37.4. The topological polar surface area (TPSA) is 417 Å². The molecule has 0 spiro atoms. The van der Waals surface area contributed by atoms with Crippen LogP contribution in [0.25, 0.3) is 0 Å². The average molecular weight is 940 g/mol. The quantitative estimate of drug-likeness (QED) is 0.0371. The van der Waals surface area contributed by atoms with E-state index in [1.54, 1.807) is 44.2 Å². The average Bonchev–Trinajstić information content (AvgIpc) is 3.25. The van der Waals surface area contributed by atoms with Crippen molar-refractivity contribution in [2.75, 3.05) is 6.54 Å². The van der Waals surface area contributed by atoms with Gasteiger partial charge in [-0.15, -0.1) is 0 Å². The third-order valence-electron chi connectivity index (χ3n) is 9.85. The van der Waals surface area contributed by atoms with Gasteiger partial charge in [-0.25, -0.2) is 0 Å². The minimum absolute atomic E-state index is 0.0416. The third-order valence-corrected chi connectivity index (χ3v) is 9.85. The highest BCUT2D eigenvalue weighted by molar-refractivity contribution is 5.98. The van der Waals surface area contributed by atoms with Crippen LogP contribution in [0.15, 0.2) is 54.6 Å². The molecule has 0 radical (unpaired) electrons. The number of nitrogens with one attached hydrogen (secondary N) is 7. The van der Waals surface area contributed by atoms with Crippen molar-refractivity contribution in [2.24, 2.45) is 28.9 Å². The molecule has 17 N–H and O–H groups in total. The lowest BCUT2D eigenvalue weighted by Crippen LogP contribution is -2.60. The number of rotatable bonds is 29. The molecule has 2 aromatic rings. The van der Waals surface area contributed by atoms with Crippen LogP contribution in [-0.2, 0) is 65.6 Å². The summed E-state index contributed by atoms with van der Waals surface area (Å²) in [5.74, 6) is -10.8. The van der Waals surface area contributed by atoms with Crippen molar-refractivity contribution in [3.05, 3.63) is 65.7 Å². The lowest BCUT2D eigenvalue weighted by molar-refractivity contribution is -0.137. The minimum Gasteiger partial charge on any atom is -0.508 e. The van der Waals surface area contributed by atoms with Gasteiger partial charge in [0, 0.05) is 25.7 Å². The van der Waals surface area contributed by atoms with Crippen LogP contribution in [0.3, 0.4) is 0 Å². The highest BCUT2D eigenvalue weighted by Gasteiger charge is 2.34. The number of amides is 10. The Hall–Kier alpha value is -7.63. The Morgan fingerprint density at radius 3 is 1.55 bits per heavy atom. The van der Waals surface area contributed by atoms with Crippen LogP contribution in [0.2, 0.25) is 0 Å². The Morgan fingerprint density at radius 2 is 1.04 bits per heavy atom.